The number of carbonyl (C=O) groups is 1. The highest BCUT2D eigenvalue weighted by Crippen LogP contribution is 2.34. The molecule has 5 rings (SSSR count). The quantitative estimate of drug-likeness (QED) is 0.487. The van der Waals surface area contributed by atoms with Crippen LogP contribution in [0.4, 0.5) is 13.2 Å². The minimum Gasteiger partial charge on any atom is -0.467 e. The van der Waals surface area contributed by atoms with Crippen LogP contribution in [0, 0.1) is 0 Å². The Morgan fingerprint density at radius 2 is 1.78 bits per heavy atom. The van der Waals surface area contributed by atoms with Gasteiger partial charge in [0.05, 0.1) is 10.7 Å². The largest absolute Gasteiger partial charge is 0.467 e. The van der Waals surface area contributed by atoms with Crippen LogP contribution in [0.2, 0.25) is 5.02 Å². The molecule has 36 heavy (non-hydrogen) atoms. The molecule has 190 valence electrons. The van der Waals surface area contributed by atoms with Gasteiger partial charge >= 0.3 is 6.18 Å². The number of aromatic nitrogens is 2. The Balaban J connectivity index is 1.19. The van der Waals surface area contributed by atoms with Crippen molar-refractivity contribution in [2.24, 2.45) is 0 Å². The van der Waals surface area contributed by atoms with Crippen LogP contribution in [-0.4, -0.2) is 65.1 Å². The first-order valence-corrected chi connectivity index (χ1v) is 11.6. The summed E-state index contributed by atoms with van der Waals surface area (Å²) in [5, 5.41) is 3.81. The van der Waals surface area contributed by atoms with E-state index in [-0.39, 0.29) is 29.3 Å². The molecule has 0 atom stereocenters. The van der Waals surface area contributed by atoms with E-state index < -0.39 is 18.5 Å². The molecule has 3 heterocycles. The normalized spacial score (nSPS) is 15.8. The first-order chi connectivity index (χ1) is 17.3. The smallest absolute Gasteiger partial charge is 0.435 e. The van der Waals surface area contributed by atoms with E-state index in [1.165, 1.54) is 12.1 Å². The van der Waals surface area contributed by atoms with Crippen LogP contribution in [0.1, 0.15) is 11.3 Å². The number of hydrogen-bond acceptors (Lipinski definition) is 6. The van der Waals surface area contributed by atoms with E-state index in [2.05, 4.69) is 10.00 Å². The molecule has 1 amide bonds. The molecule has 0 aliphatic carbocycles. The zero-order chi connectivity index (χ0) is 25.3. The number of carbonyl (C=O) groups excluding carboxylic acids is 1. The van der Waals surface area contributed by atoms with E-state index in [0.717, 1.165) is 27.8 Å². The van der Waals surface area contributed by atoms with Gasteiger partial charge in [-0.3, -0.25) is 9.69 Å². The molecule has 0 N–H and O–H groups in total. The molecule has 8 nitrogen and oxygen atoms in total. The van der Waals surface area contributed by atoms with Gasteiger partial charge in [0.15, 0.2) is 23.8 Å². The molecular formula is C24H22ClF3N4O4. The van der Waals surface area contributed by atoms with Crippen LogP contribution in [0.5, 0.6) is 17.4 Å². The van der Waals surface area contributed by atoms with Crippen molar-refractivity contribution in [3.8, 4) is 23.1 Å². The lowest BCUT2D eigenvalue weighted by Gasteiger charge is -2.34. The summed E-state index contributed by atoms with van der Waals surface area (Å²) in [6.45, 7) is 2.75. The fourth-order valence-corrected chi connectivity index (χ4v) is 4.30. The Bertz CT molecular complexity index is 1260. The molecule has 1 aromatic heterocycles. The summed E-state index contributed by atoms with van der Waals surface area (Å²) in [7, 11) is 0. The van der Waals surface area contributed by atoms with E-state index in [0.29, 0.717) is 32.7 Å². The number of rotatable bonds is 6. The number of halogens is 4. The number of benzene rings is 2. The van der Waals surface area contributed by atoms with Gasteiger partial charge in [0, 0.05) is 38.8 Å². The highest BCUT2D eigenvalue weighted by atomic mass is 35.5. The number of alkyl halides is 3. The minimum absolute atomic E-state index is 0.198. The highest BCUT2D eigenvalue weighted by Gasteiger charge is 2.36. The number of nitrogens with zero attached hydrogens (tertiary/aromatic N) is 4. The van der Waals surface area contributed by atoms with Crippen molar-refractivity contribution in [1.29, 1.82) is 0 Å². The number of piperazine rings is 1. The Morgan fingerprint density at radius 3 is 2.53 bits per heavy atom. The van der Waals surface area contributed by atoms with E-state index in [1.54, 1.807) is 17.0 Å². The van der Waals surface area contributed by atoms with Crippen molar-refractivity contribution in [1.82, 2.24) is 19.6 Å². The fraction of sp³-hybridized carbons (Fsp3) is 0.333. The molecular weight excluding hydrogens is 501 g/mol. The second-order valence-electron chi connectivity index (χ2n) is 8.36. The van der Waals surface area contributed by atoms with Gasteiger partial charge in [-0.05, 0) is 29.8 Å². The van der Waals surface area contributed by atoms with E-state index in [4.69, 9.17) is 25.8 Å². The maximum atomic E-state index is 13.3. The third-order valence-electron chi connectivity index (χ3n) is 5.96. The van der Waals surface area contributed by atoms with Crippen LogP contribution in [0.3, 0.4) is 0 Å². The Kier molecular flexibility index (Phi) is 6.67. The lowest BCUT2D eigenvalue weighted by molar-refractivity contribution is -0.141. The highest BCUT2D eigenvalue weighted by molar-refractivity contribution is 6.32. The van der Waals surface area contributed by atoms with Gasteiger partial charge in [0.2, 0.25) is 12.7 Å². The second-order valence-corrected chi connectivity index (χ2v) is 8.77. The summed E-state index contributed by atoms with van der Waals surface area (Å²) in [5.74, 6) is 0.916. The zero-order valence-electron chi connectivity index (χ0n) is 19.0. The number of hydrogen-bond donors (Lipinski definition) is 0. The predicted octanol–water partition coefficient (Wildman–Crippen LogP) is 4.00. The van der Waals surface area contributed by atoms with Crippen LogP contribution >= 0.6 is 11.6 Å². The van der Waals surface area contributed by atoms with Crippen LogP contribution in [0.15, 0.2) is 48.5 Å². The first kappa shape index (κ1) is 24.3. The molecule has 0 bridgehead atoms. The number of ether oxygens (including phenoxy) is 3. The molecule has 2 aromatic carbocycles. The summed E-state index contributed by atoms with van der Waals surface area (Å²) in [4.78, 5) is 16.6. The molecule has 0 radical (unpaired) electrons. The van der Waals surface area contributed by atoms with Crippen LogP contribution in [0.25, 0.3) is 5.69 Å². The van der Waals surface area contributed by atoms with Gasteiger partial charge < -0.3 is 19.1 Å². The first-order valence-electron chi connectivity index (χ1n) is 11.2. The monoisotopic (exact) mass is 522 g/mol. The van der Waals surface area contributed by atoms with Gasteiger partial charge in [-0.15, -0.1) is 0 Å². The zero-order valence-corrected chi connectivity index (χ0v) is 19.8. The average Bonchev–Trinajstić information content (AvgIpc) is 3.50. The Hall–Kier alpha value is -3.44. The summed E-state index contributed by atoms with van der Waals surface area (Å²) < 4.78 is 57.1. The summed E-state index contributed by atoms with van der Waals surface area (Å²) in [6, 6.07) is 12.9. The van der Waals surface area contributed by atoms with Gasteiger partial charge in [-0.25, -0.2) is 0 Å². The topological polar surface area (TPSA) is 69.1 Å². The van der Waals surface area contributed by atoms with E-state index >= 15 is 0 Å². The second kappa shape index (κ2) is 9.90. The molecule has 2 aliphatic rings. The summed E-state index contributed by atoms with van der Waals surface area (Å²) in [5.41, 5.74) is 0.159. The molecule has 1 fully saturated rings. The van der Waals surface area contributed by atoms with Crippen LogP contribution < -0.4 is 14.2 Å². The molecule has 3 aromatic rings. The van der Waals surface area contributed by atoms with E-state index in [9.17, 15) is 18.0 Å². The maximum absolute atomic E-state index is 13.3. The lowest BCUT2D eigenvalue weighted by Crippen LogP contribution is -2.49. The Labute approximate surface area is 209 Å². The lowest BCUT2D eigenvalue weighted by atomic mass is 10.1. The third kappa shape index (κ3) is 5.21. The van der Waals surface area contributed by atoms with Crippen molar-refractivity contribution in [2.75, 3.05) is 39.6 Å². The van der Waals surface area contributed by atoms with Gasteiger partial charge in [-0.1, -0.05) is 29.8 Å². The molecule has 0 unspecified atom stereocenters. The maximum Gasteiger partial charge on any atom is 0.435 e. The molecule has 12 heteroatoms. The SMILES string of the molecule is O=C(COc1cc(C(F)(F)F)nn1-c1ccccc1Cl)N1CCN(Cc2ccc3c(c2)OCO3)CC1. The van der Waals surface area contributed by atoms with Gasteiger partial charge in [-0.2, -0.15) is 23.0 Å². The van der Waals surface area contributed by atoms with Crippen molar-refractivity contribution in [3.05, 3.63) is 64.8 Å². The predicted molar refractivity (Wildman–Crippen MR) is 123 cm³/mol. The van der Waals surface area contributed by atoms with Crippen molar-refractivity contribution < 1.29 is 32.2 Å². The van der Waals surface area contributed by atoms with Gasteiger partial charge in [0.25, 0.3) is 5.91 Å². The molecule has 1 saturated heterocycles. The third-order valence-corrected chi connectivity index (χ3v) is 6.28. The minimum atomic E-state index is -4.68. The molecule has 2 aliphatic heterocycles. The summed E-state index contributed by atoms with van der Waals surface area (Å²) >= 11 is 6.15. The Morgan fingerprint density at radius 1 is 1.03 bits per heavy atom. The van der Waals surface area contributed by atoms with E-state index in [1.807, 2.05) is 18.2 Å². The number of fused-ring (bicyclic) bond motifs is 1. The number of para-hydroxylation sites is 1. The molecule has 0 saturated carbocycles. The van der Waals surface area contributed by atoms with Crippen molar-refractivity contribution >= 4 is 17.5 Å². The average molecular weight is 523 g/mol. The molecule has 0 spiro atoms. The van der Waals surface area contributed by atoms with Crippen molar-refractivity contribution in [3.63, 3.8) is 0 Å². The fourth-order valence-electron chi connectivity index (χ4n) is 4.08. The summed E-state index contributed by atoms with van der Waals surface area (Å²) in [6.07, 6.45) is -4.68. The van der Waals surface area contributed by atoms with Crippen molar-refractivity contribution in [2.45, 2.75) is 12.7 Å². The standard InChI is InChI=1S/C24H22ClF3N4O4/c25-17-3-1-2-4-18(17)32-23(12-21(29-32)24(26,27)28)34-14-22(33)31-9-7-30(8-10-31)13-16-5-6-19-20(11-16)36-15-35-19/h1-6,11-12H,7-10,13-15H2. The van der Waals surface area contributed by atoms with Crippen LogP contribution in [-0.2, 0) is 17.5 Å². The number of amides is 1. The van der Waals surface area contributed by atoms with Gasteiger partial charge in [0.1, 0.15) is 0 Å².